The molecule has 3 aromatic rings. The molecule has 0 unspecified atom stereocenters. The number of nitro groups is 1. The third-order valence-corrected chi connectivity index (χ3v) is 6.33. The van der Waals surface area contributed by atoms with Crippen molar-refractivity contribution >= 4 is 63.1 Å². The lowest BCUT2D eigenvalue weighted by atomic mass is 9.99. The Labute approximate surface area is 224 Å². The second kappa shape index (κ2) is 10.9. The number of nitrogens with one attached hydrogen (secondary N) is 2. The molecule has 3 aromatic carbocycles. The predicted molar refractivity (Wildman–Crippen MR) is 151 cm³/mol. The van der Waals surface area contributed by atoms with Gasteiger partial charge in [-0.05, 0) is 56.6 Å². The lowest BCUT2D eigenvalue weighted by Crippen LogP contribution is -2.35. The van der Waals surface area contributed by atoms with Crippen molar-refractivity contribution in [1.29, 1.82) is 0 Å². The molecule has 0 saturated carbocycles. The van der Waals surface area contributed by atoms with Crippen LogP contribution < -0.4 is 21.3 Å². The number of hydrogen-bond donors (Lipinski definition) is 3. The molecule has 38 heavy (non-hydrogen) atoms. The molecule has 0 aromatic heterocycles. The third kappa shape index (κ3) is 5.61. The van der Waals surface area contributed by atoms with E-state index >= 15 is 0 Å². The molecule has 196 valence electrons. The Morgan fingerprint density at radius 2 is 1.79 bits per heavy atom. The summed E-state index contributed by atoms with van der Waals surface area (Å²) in [4.78, 5) is 40.0. The molecular formula is C27H27ClN6O4. The molecule has 0 radical (unpaired) electrons. The number of carbonyl (C=O) groups is 2. The van der Waals surface area contributed by atoms with Crippen molar-refractivity contribution in [2.24, 2.45) is 0 Å². The van der Waals surface area contributed by atoms with Gasteiger partial charge in [-0.2, -0.15) is 0 Å². The van der Waals surface area contributed by atoms with Crippen LogP contribution in [0.2, 0.25) is 5.02 Å². The van der Waals surface area contributed by atoms with E-state index in [2.05, 4.69) is 10.6 Å². The molecule has 2 amide bonds. The summed E-state index contributed by atoms with van der Waals surface area (Å²) in [5.41, 5.74) is 9.10. The van der Waals surface area contributed by atoms with Gasteiger partial charge in [0, 0.05) is 53.6 Å². The number of nitrogens with two attached hydrogens (primary N) is 1. The van der Waals surface area contributed by atoms with E-state index in [1.54, 1.807) is 53.4 Å². The van der Waals surface area contributed by atoms with Crippen molar-refractivity contribution in [3.63, 3.8) is 0 Å². The first kappa shape index (κ1) is 26.6. The Kier molecular flexibility index (Phi) is 7.65. The van der Waals surface area contributed by atoms with Gasteiger partial charge in [0.2, 0.25) is 5.91 Å². The minimum absolute atomic E-state index is 0.0116. The number of hydrogen-bond acceptors (Lipinski definition) is 7. The van der Waals surface area contributed by atoms with Gasteiger partial charge in [-0.25, -0.2) is 0 Å². The molecule has 0 spiro atoms. The Morgan fingerprint density at radius 1 is 1.08 bits per heavy atom. The van der Waals surface area contributed by atoms with Gasteiger partial charge in [0.1, 0.15) is 5.69 Å². The fourth-order valence-electron chi connectivity index (χ4n) is 4.17. The number of rotatable bonds is 8. The summed E-state index contributed by atoms with van der Waals surface area (Å²) in [6, 6.07) is 16.6. The quantitative estimate of drug-likeness (QED) is 0.165. The summed E-state index contributed by atoms with van der Waals surface area (Å²) in [6.45, 7) is 2.74. The van der Waals surface area contributed by atoms with Gasteiger partial charge in [0.15, 0.2) is 0 Å². The highest BCUT2D eigenvalue weighted by molar-refractivity contribution is 6.38. The minimum atomic E-state index is -0.567. The molecule has 1 aliphatic heterocycles. The van der Waals surface area contributed by atoms with E-state index in [0.29, 0.717) is 51.9 Å². The average molecular weight is 535 g/mol. The molecular weight excluding hydrogens is 508 g/mol. The number of anilines is 4. The largest absolute Gasteiger partial charge is 0.393 e. The van der Waals surface area contributed by atoms with Crippen molar-refractivity contribution in [3.8, 4) is 0 Å². The number of halogens is 1. The summed E-state index contributed by atoms with van der Waals surface area (Å²) >= 11 is 6.12. The monoisotopic (exact) mass is 534 g/mol. The van der Waals surface area contributed by atoms with E-state index in [-0.39, 0.29) is 23.2 Å². The lowest BCUT2D eigenvalue weighted by Gasteiger charge is -2.23. The van der Waals surface area contributed by atoms with E-state index in [1.807, 2.05) is 19.0 Å². The van der Waals surface area contributed by atoms with Crippen LogP contribution in [0.3, 0.4) is 0 Å². The highest BCUT2D eigenvalue weighted by Gasteiger charge is 2.29. The molecule has 0 atom stereocenters. The highest BCUT2D eigenvalue weighted by atomic mass is 35.5. The zero-order valence-electron chi connectivity index (χ0n) is 21.1. The van der Waals surface area contributed by atoms with E-state index in [1.165, 1.54) is 19.1 Å². The Hall–Kier alpha value is -4.41. The van der Waals surface area contributed by atoms with Gasteiger partial charge in [0.25, 0.3) is 11.6 Å². The summed E-state index contributed by atoms with van der Waals surface area (Å²) < 4.78 is 0. The second-order valence-electron chi connectivity index (χ2n) is 9.07. The van der Waals surface area contributed by atoms with Crippen molar-refractivity contribution in [2.75, 3.05) is 48.5 Å². The molecule has 4 N–H and O–H groups in total. The SMILES string of the molecule is CC(=O)N(CCN(C)C)c1ccc(N/C(=C2/C(=O)Nc3cc(Cl)ccc32)c2ccc(N)c([N+](=O)[O-])c2)cc1. The van der Waals surface area contributed by atoms with Crippen LogP contribution in [0, 0.1) is 10.1 Å². The fourth-order valence-corrected chi connectivity index (χ4v) is 4.34. The van der Waals surface area contributed by atoms with E-state index < -0.39 is 4.92 Å². The normalized spacial score (nSPS) is 13.7. The van der Waals surface area contributed by atoms with Crippen molar-refractivity contribution in [3.05, 3.63) is 86.9 Å². The van der Waals surface area contributed by atoms with Crippen LogP contribution in [-0.4, -0.2) is 48.8 Å². The smallest absolute Gasteiger partial charge is 0.292 e. The molecule has 0 bridgehead atoms. The van der Waals surface area contributed by atoms with Gasteiger partial charge in [-0.1, -0.05) is 23.7 Å². The number of nitrogens with zero attached hydrogens (tertiary/aromatic N) is 3. The first-order chi connectivity index (χ1) is 18.0. The van der Waals surface area contributed by atoms with Gasteiger partial charge in [-0.15, -0.1) is 0 Å². The molecule has 0 saturated heterocycles. The Bertz CT molecular complexity index is 1450. The highest BCUT2D eigenvalue weighted by Crippen LogP contribution is 2.40. The maximum absolute atomic E-state index is 13.1. The van der Waals surface area contributed by atoms with E-state index in [4.69, 9.17) is 17.3 Å². The van der Waals surface area contributed by atoms with E-state index in [9.17, 15) is 19.7 Å². The van der Waals surface area contributed by atoms with Gasteiger partial charge >= 0.3 is 0 Å². The standard InChI is InChI=1S/C27H27ClN6O4/c1-16(35)33(13-12-32(2)3)20-8-6-19(7-9-20)30-26(17-4-11-22(29)24(14-17)34(37)38)25-21-10-5-18(28)15-23(21)31-27(25)36/h4-11,14-15,30H,12-13,29H2,1-3H3,(H,31,36)/b26-25+. The molecule has 1 aliphatic rings. The summed E-state index contributed by atoms with van der Waals surface area (Å²) in [7, 11) is 3.88. The van der Waals surface area contributed by atoms with Crippen LogP contribution in [0.1, 0.15) is 18.1 Å². The molecule has 1 heterocycles. The molecule has 4 rings (SSSR count). The van der Waals surface area contributed by atoms with Crippen LogP contribution in [0.25, 0.3) is 11.3 Å². The number of nitrogen functional groups attached to an aromatic ring is 1. The Morgan fingerprint density at radius 3 is 2.42 bits per heavy atom. The van der Waals surface area contributed by atoms with Crippen molar-refractivity contribution in [1.82, 2.24) is 4.90 Å². The molecule has 11 heteroatoms. The van der Waals surface area contributed by atoms with Gasteiger partial charge < -0.3 is 26.2 Å². The zero-order valence-corrected chi connectivity index (χ0v) is 21.9. The van der Waals surface area contributed by atoms with Crippen LogP contribution in [0.15, 0.2) is 60.7 Å². The number of amides is 2. The number of benzene rings is 3. The summed E-state index contributed by atoms with van der Waals surface area (Å²) in [6.07, 6.45) is 0. The zero-order chi connectivity index (χ0) is 27.6. The van der Waals surface area contributed by atoms with Crippen LogP contribution in [0.5, 0.6) is 0 Å². The van der Waals surface area contributed by atoms with Gasteiger partial charge in [0.05, 0.1) is 21.9 Å². The number of likely N-dealkylation sites (N-methyl/N-ethyl adjacent to an activating group) is 1. The average Bonchev–Trinajstić information content (AvgIpc) is 3.17. The van der Waals surface area contributed by atoms with E-state index in [0.717, 1.165) is 5.69 Å². The molecule has 0 fully saturated rings. The lowest BCUT2D eigenvalue weighted by molar-refractivity contribution is -0.383. The summed E-state index contributed by atoms with van der Waals surface area (Å²) in [5.74, 6) is -0.463. The number of nitro benzene ring substituents is 1. The van der Waals surface area contributed by atoms with Crippen molar-refractivity contribution in [2.45, 2.75) is 6.92 Å². The van der Waals surface area contributed by atoms with Crippen LogP contribution in [-0.2, 0) is 9.59 Å². The first-order valence-electron chi connectivity index (χ1n) is 11.7. The molecule has 0 aliphatic carbocycles. The van der Waals surface area contributed by atoms with Gasteiger partial charge in [-0.3, -0.25) is 19.7 Å². The summed E-state index contributed by atoms with van der Waals surface area (Å²) in [5, 5.41) is 18.1. The maximum atomic E-state index is 13.1. The maximum Gasteiger partial charge on any atom is 0.292 e. The number of carbonyl (C=O) groups excluding carboxylic acids is 2. The molecule has 10 nitrogen and oxygen atoms in total. The first-order valence-corrected chi connectivity index (χ1v) is 12.1. The fraction of sp³-hybridized carbons (Fsp3) is 0.185. The third-order valence-electron chi connectivity index (χ3n) is 6.09. The Balaban J connectivity index is 1.79. The van der Waals surface area contributed by atoms with Crippen molar-refractivity contribution < 1.29 is 14.5 Å². The topological polar surface area (TPSA) is 134 Å². The minimum Gasteiger partial charge on any atom is -0.393 e. The number of fused-ring (bicyclic) bond motifs is 1. The van der Waals surface area contributed by atoms with Crippen LogP contribution in [0.4, 0.5) is 28.4 Å². The van der Waals surface area contributed by atoms with Crippen LogP contribution >= 0.6 is 11.6 Å². The predicted octanol–water partition coefficient (Wildman–Crippen LogP) is 4.68. The second-order valence-corrected chi connectivity index (χ2v) is 9.51.